The van der Waals surface area contributed by atoms with E-state index in [4.69, 9.17) is 27.9 Å². The Labute approximate surface area is 126 Å². The van der Waals surface area contributed by atoms with E-state index in [1.165, 1.54) is 39.2 Å². The number of benzene rings is 1. The summed E-state index contributed by atoms with van der Waals surface area (Å²) in [5.74, 6) is -1.75. The lowest BCUT2D eigenvalue weighted by atomic mass is 9.91. The molecule has 1 aromatic rings. The van der Waals surface area contributed by atoms with E-state index in [1.807, 2.05) is 0 Å². The highest BCUT2D eigenvalue weighted by Crippen LogP contribution is 2.29. The van der Waals surface area contributed by atoms with Gasteiger partial charge in [0.05, 0.1) is 10.0 Å². The second-order valence-corrected chi connectivity index (χ2v) is 5.24. The van der Waals surface area contributed by atoms with Gasteiger partial charge in [0, 0.05) is 7.11 Å². The third kappa shape index (κ3) is 3.42. The Kier molecular flexibility index (Phi) is 5.39. The monoisotopic (exact) mass is 319 g/mol. The van der Waals surface area contributed by atoms with Gasteiger partial charge in [-0.15, -0.1) is 0 Å². The topological polar surface area (TPSA) is 75.6 Å². The number of carbonyl (C=O) groups excluding carboxylic acids is 1. The summed E-state index contributed by atoms with van der Waals surface area (Å²) in [6.45, 7) is 2.89. The minimum absolute atomic E-state index is 0.214. The Hall–Kier alpha value is -1.30. The van der Waals surface area contributed by atoms with Gasteiger partial charge in [-0.2, -0.15) is 0 Å². The van der Waals surface area contributed by atoms with Gasteiger partial charge in [-0.25, -0.2) is 4.79 Å². The molecule has 2 atom stereocenters. The Morgan fingerprint density at radius 3 is 2.40 bits per heavy atom. The second kappa shape index (κ2) is 6.43. The number of amides is 1. The van der Waals surface area contributed by atoms with Crippen molar-refractivity contribution >= 4 is 35.1 Å². The number of halogens is 2. The zero-order valence-electron chi connectivity index (χ0n) is 11.2. The predicted octanol–water partition coefficient (Wildman–Crippen LogP) is 2.44. The summed E-state index contributed by atoms with van der Waals surface area (Å²) in [4.78, 5) is 23.4. The van der Waals surface area contributed by atoms with Crippen molar-refractivity contribution in [2.45, 2.75) is 25.5 Å². The van der Waals surface area contributed by atoms with Crippen LogP contribution in [0, 0.1) is 0 Å². The molecule has 0 spiro atoms. The van der Waals surface area contributed by atoms with Crippen LogP contribution in [0.2, 0.25) is 10.0 Å². The zero-order valence-corrected chi connectivity index (χ0v) is 12.7. The normalized spacial score (nSPS) is 15.2. The van der Waals surface area contributed by atoms with Crippen LogP contribution in [0.5, 0.6) is 0 Å². The SMILES string of the molecule is COC(C)C(=O)NC(C)(C(=O)O)c1ccc(Cl)c(Cl)c1. The number of aliphatic carboxylic acids is 1. The largest absolute Gasteiger partial charge is 0.479 e. The van der Waals surface area contributed by atoms with Gasteiger partial charge in [0.25, 0.3) is 0 Å². The van der Waals surface area contributed by atoms with E-state index in [1.54, 1.807) is 0 Å². The van der Waals surface area contributed by atoms with Crippen molar-refractivity contribution in [3.63, 3.8) is 0 Å². The minimum Gasteiger partial charge on any atom is -0.479 e. The molecule has 0 fully saturated rings. The van der Waals surface area contributed by atoms with Crippen LogP contribution < -0.4 is 5.32 Å². The lowest BCUT2D eigenvalue weighted by Gasteiger charge is -2.28. The molecule has 0 heterocycles. The van der Waals surface area contributed by atoms with Crippen LogP contribution in [-0.4, -0.2) is 30.2 Å². The first kappa shape index (κ1) is 16.8. The standard InChI is InChI=1S/C13H15Cl2NO4/c1-7(20-3)11(17)16-13(2,12(18)19)8-4-5-9(14)10(15)6-8/h4-7H,1-3H3,(H,16,17)(H,18,19). The molecule has 0 aliphatic carbocycles. The van der Waals surface area contributed by atoms with Crippen molar-refractivity contribution < 1.29 is 19.4 Å². The summed E-state index contributed by atoms with van der Waals surface area (Å²) in [5.41, 5.74) is -1.31. The maximum absolute atomic E-state index is 11.9. The van der Waals surface area contributed by atoms with E-state index in [-0.39, 0.29) is 5.02 Å². The molecule has 1 aromatic carbocycles. The van der Waals surface area contributed by atoms with E-state index in [0.29, 0.717) is 10.6 Å². The summed E-state index contributed by atoms with van der Waals surface area (Å²) >= 11 is 11.7. The summed E-state index contributed by atoms with van der Waals surface area (Å²) in [6.07, 6.45) is -0.767. The summed E-state index contributed by atoms with van der Waals surface area (Å²) in [7, 11) is 1.36. The fourth-order valence-corrected chi connectivity index (χ4v) is 1.81. The third-order valence-corrected chi connectivity index (χ3v) is 3.76. The molecule has 0 aromatic heterocycles. The molecular weight excluding hydrogens is 305 g/mol. The maximum Gasteiger partial charge on any atom is 0.333 e. The molecule has 1 amide bonds. The fourth-order valence-electron chi connectivity index (χ4n) is 1.51. The van der Waals surface area contributed by atoms with Gasteiger partial charge in [-0.1, -0.05) is 29.3 Å². The van der Waals surface area contributed by atoms with Gasteiger partial charge in [0.1, 0.15) is 6.10 Å². The van der Waals surface area contributed by atoms with Crippen LogP contribution in [0.3, 0.4) is 0 Å². The number of nitrogens with one attached hydrogen (secondary N) is 1. The molecule has 2 N–H and O–H groups in total. The fraction of sp³-hybridized carbons (Fsp3) is 0.385. The van der Waals surface area contributed by atoms with E-state index < -0.39 is 23.5 Å². The number of ether oxygens (including phenoxy) is 1. The average Bonchev–Trinajstić information content (AvgIpc) is 2.40. The Morgan fingerprint density at radius 2 is 1.95 bits per heavy atom. The highest BCUT2D eigenvalue weighted by Gasteiger charge is 2.38. The van der Waals surface area contributed by atoms with Crippen LogP contribution >= 0.6 is 23.2 Å². The summed E-state index contributed by atoms with van der Waals surface area (Å²) in [6, 6.07) is 4.39. The number of carbonyl (C=O) groups is 2. The molecule has 5 nitrogen and oxygen atoms in total. The number of rotatable bonds is 5. The van der Waals surface area contributed by atoms with E-state index in [0.717, 1.165) is 0 Å². The smallest absolute Gasteiger partial charge is 0.333 e. The highest BCUT2D eigenvalue weighted by molar-refractivity contribution is 6.42. The quantitative estimate of drug-likeness (QED) is 0.874. The molecule has 7 heteroatoms. The molecule has 2 unspecified atom stereocenters. The molecule has 110 valence electrons. The van der Waals surface area contributed by atoms with E-state index >= 15 is 0 Å². The predicted molar refractivity (Wildman–Crippen MR) is 76.1 cm³/mol. The molecule has 0 saturated carbocycles. The van der Waals surface area contributed by atoms with Crippen molar-refractivity contribution in [3.8, 4) is 0 Å². The number of carboxylic acid groups (broad SMARTS) is 1. The van der Waals surface area contributed by atoms with Gasteiger partial charge >= 0.3 is 5.97 Å². The van der Waals surface area contributed by atoms with Crippen molar-refractivity contribution in [1.82, 2.24) is 5.32 Å². The first-order valence-corrected chi connectivity index (χ1v) is 6.51. The molecule has 0 aliphatic rings. The van der Waals surface area contributed by atoms with Gasteiger partial charge in [-0.3, -0.25) is 4.79 Å². The minimum atomic E-state index is -1.63. The number of methoxy groups -OCH3 is 1. The summed E-state index contributed by atoms with van der Waals surface area (Å²) < 4.78 is 4.86. The lowest BCUT2D eigenvalue weighted by Crippen LogP contribution is -2.52. The molecular formula is C13H15Cl2NO4. The average molecular weight is 320 g/mol. The first-order valence-electron chi connectivity index (χ1n) is 5.76. The molecule has 0 aliphatic heterocycles. The second-order valence-electron chi connectivity index (χ2n) is 4.43. The first-order chi connectivity index (χ1) is 9.22. The van der Waals surface area contributed by atoms with Gasteiger partial charge in [-0.05, 0) is 31.5 Å². The lowest BCUT2D eigenvalue weighted by molar-refractivity contribution is -0.149. The van der Waals surface area contributed by atoms with Gasteiger partial charge in [0.15, 0.2) is 5.54 Å². The Bertz CT molecular complexity index is 535. The Balaban J connectivity index is 3.18. The van der Waals surface area contributed by atoms with Crippen LogP contribution in [0.25, 0.3) is 0 Å². The van der Waals surface area contributed by atoms with Gasteiger partial charge in [0.2, 0.25) is 5.91 Å². The van der Waals surface area contributed by atoms with Crippen molar-refractivity contribution in [1.29, 1.82) is 0 Å². The summed E-state index contributed by atoms with van der Waals surface area (Å²) in [5, 5.41) is 12.4. The zero-order chi connectivity index (χ0) is 15.5. The third-order valence-electron chi connectivity index (χ3n) is 3.02. The molecule has 0 saturated heterocycles. The number of hydrogen-bond donors (Lipinski definition) is 2. The van der Waals surface area contributed by atoms with Crippen molar-refractivity contribution in [2.75, 3.05) is 7.11 Å². The maximum atomic E-state index is 11.9. The van der Waals surface area contributed by atoms with Crippen LogP contribution in [-0.2, 0) is 19.9 Å². The van der Waals surface area contributed by atoms with E-state index in [2.05, 4.69) is 5.32 Å². The molecule has 20 heavy (non-hydrogen) atoms. The van der Waals surface area contributed by atoms with Crippen LogP contribution in [0.1, 0.15) is 19.4 Å². The molecule has 0 radical (unpaired) electrons. The van der Waals surface area contributed by atoms with E-state index in [9.17, 15) is 14.7 Å². The number of carboxylic acids is 1. The van der Waals surface area contributed by atoms with Crippen LogP contribution in [0.4, 0.5) is 0 Å². The Morgan fingerprint density at radius 1 is 1.35 bits per heavy atom. The van der Waals surface area contributed by atoms with Gasteiger partial charge < -0.3 is 15.2 Å². The molecule has 0 bridgehead atoms. The highest BCUT2D eigenvalue weighted by atomic mass is 35.5. The van der Waals surface area contributed by atoms with Crippen molar-refractivity contribution in [2.24, 2.45) is 0 Å². The number of hydrogen-bond acceptors (Lipinski definition) is 3. The van der Waals surface area contributed by atoms with Crippen LogP contribution in [0.15, 0.2) is 18.2 Å². The van der Waals surface area contributed by atoms with Crippen molar-refractivity contribution in [3.05, 3.63) is 33.8 Å². The molecule has 1 rings (SSSR count).